The maximum atomic E-state index is 14.8. The normalized spacial score (nSPS) is 13.9. The molecule has 0 amide bonds. The molecule has 37 heavy (non-hydrogen) atoms. The highest BCUT2D eigenvalue weighted by atomic mass is 127. The van der Waals surface area contributed by atoms with Crippen LogP contribution in [0.2, 0.25) is 0 Å². The van der Waals surface area contributed by atoms with E-state index in [1.165, 1.54) is 12.3 Å². The molecule has 5 rings (SSSR count). The zero-order valence-corrected chi connectivity index (χ0v) is 23.6. The first-order chi connectivity index (χ1) is 17.4. The number of sulfone groups is 1. The van der Waals surface area contributed by atoms with Gasteiger partial charge in [-0.2, -0.15) is 0 Å². The van der Waals surface area contributed by atoms with Gasteiger partial charge in [0, 0.05) is 39.1 Å². The Morgan fingerprint density at radius 3 is 2.49 bits per heavy atom. The monoisotopic (exact) mass is 633 g/mol. The van der Waals surface area contributed by atoms with E-state index in [9.17, 15) is 22.4 Å². The van der Waals surface area contributed by atoms with Gasteiger partial charge in [0.15, 0.2) is 15.4 Å². The fourth-order valence-electron chi connectivity index (χ4n) is 4.94. The van der Waals surface area contributed by atoms with Gasteiger partial charge in [-0.3, -0.25) is 4.79 Å². The van der Waals surface area contributed by atoms with E-state index in [0.29, 0.717) is 33.5 Å². The summed E-state index contributed by atoms with van der Waals surface area (Å²) in [6.07, 6.45) is 2.95. The lowest BCUT2D eigenvalue weighted by Crippen LogP contribution is -2.25. The number of halogens is 2. The van der Waals surface area contributed by atoms with Crippen LogP contribution in [0.25, 0.3) is 22.1 Å². The lowest BCUT2D eigenvalue weighted by molar-refractivity contribution is 0.549. The molecule has 9 heteroatoms. The minimum absolute atomic E-state index is 0.0324. The molecular weight excluding hydrogens is 608 g/mol. The second-order valence-electron chi connectivity index (χ2n) is 9.75. The molecule has 2 aromatic heterocycles. The van der Waals surface area contributed by atoms with Crippen molar-refractivity contribution in [3.63, 3.8) is 0 Å². The quantitative estimate of drug-likeness (QED) is 0.264. The predicted molar refractivity (Wildman–Crippen MR) is 150 cm³/mol. The van der Waals surface area contributed by atoms with E-state index >= 15 is 0 Å². The van der Waals surface area contributed by atoms with Crippen molar-refractivity contribution >= 4 is 43.4 Å². The number of hydrogen-bond acceptors (Lipinski definition) is 5. The van der Waals surface area contributed by atoms with E-state index in [1.54, 1.807) is 41.8 Å². The Hall–Kier alpha value is -2.79. The third-order valence-corrected chi connectivity index (χ3v) is 8.33. The molecule has 4 aromatic rings. The number of nitrogens with zero attached hydrogens (tertiary/aromatic N) is 1. The maximum absolute atomic E-state index is 14.8. The number of pyridine rings is 1. The minimum atomic E-state index is -3.27. The van der Waals surface area contributed by atoms with Gasteiger partial charge in [-0.15, -0.1) is 0 Å². The molecule has 0 bridgehead atoms. The van der Waals surface area contributed by atoms with Crippen molar-refractivity contribution in [2.24, 2.45) is 0 Å². The van der Waals surface area contributed by atoms with Gasteiger partial charge < -0.3 is 8.98 Å². The molecule has 1 fully saturated rings. The van der Waals surface area contributed by atoms with Crippen LogP contribution in [0.5, 0.6) is 0 Å². The lowest BCUT2D eigenvalue weighted by Gasteiger charge is -2.19. The van der Waals surface area contributed by atoms with E-state index in [1.807, 2.05) is 35.6 Å². The van der Waals surface area contributed by atoms with Crippen LogP contribution in [0, 0.1) is 23.2 Å². The highest BCUT2D eigenvalue weighted by Crippen LogP contribution is 2.40. The van der Waals surface area contributed by atoms with E-state index in [-0.39, 0.29) is 40.3 Å². The van der Waals surface area contributed by atoms with Gasteiger partial charge in [-0.05, 0) is 89.7 Å². The Morgan fingerprint density at radius 2 is 1.84 bits per heavy atom. The first-order valence-corrected chi connectivity index (χ1v) is 15.0. The van der Waals surface area contributed by atoms with Crippen LogP contribution in [0.15, 0.2) is 56.5 Å². The molecule has 0 unspecified atom stereocenters. The third-order valence-electron chi connectivity index (χ3n) is 6.80. The van der Waals surface area contributed by atoms with Gasteiger partial charge in [-0.1, -0.05) is 24.3 Å². The summed E-state index contributed by atoms with van der Waals surface area (Å²) in [7, 11) is -3.27. The van der Waals surface area contributed by atoms with Crippen LogP contribution in [-0.2, 0) is 22.0 Å². The minimum Gasteiger partial charge on any atom is -0.422 e. The summed E-state index contributed by atoms with van der Waals surface area (Å²) in [6.45, 7) is 3.41. The molecule has 192 valence electrons. The van der Waals surface area contributed by atoms with Gasteiger partial charge in [0.25, 0.3) is 5.56 Å². The topological polar surface area (TPSA) is 86.3 Å². The Balaban J connectivity index is 1.84. The summed E-state index contributed by atoms with van der Waals surface area (Å²) in [5.41, 5.74) is 2.84. The summed E-state index contributed by atoms with van der Waals surface area (Å²) in [4.78, 5) is 26.9. The predicted octanol–water partition coefficient (Wildman–Crippen LogP) is 5.45. The van der Waals surface area contributed by atoms with Crippen LogP contribution in [-0.4, -0.2) is 19.2 Å². The molecule has 1 aliphatic rings. The Morgan fingerprint density at radius 1 is 1.11 bits per heavy atom. The molecule has 1 saturated carbocycles. The number of fused-ring (bicyclic) bond motifs is 1. The number of benzene rings is 2. The molecule has 0 aliphatic heterocycles. The Bertz CT molecular complexity index is 1800. The van der Waals surface area contributed by atoms with Gasteiger partial charge in [0.2, 0.25) is 0 Å². The molecule has 0 saturated heterocycles. The van der Waals surface area contributed by atoms with Gasteiger partial charge in [0.05, 0.1) is 11.1 Å². The highest BCUT2D eigenvalue weighted by molar-refractivity contribution is 14.1. The summed E-state index contributed by atoms with van der Waals surface area (Å²) < 4.78 is 47.0. The lowest BCUT2D eigenvalue weighted by atomic mass is 9.94. The molecule has 6 nitrogen and oxygen atoms in total. The molecule has 0 N–H and O–H groups in total. The largest absolute Gasteiger partial charge is 0.422 e. The summed E-state index contributed by atoms with van der Waals surface area (Å²) in [5, 5.41) is 0.260. The molecule has 0 spiro atoms. The first kappa shape index (κ1) is 25.8. The van der Waals surface area contributed by atoms with Gasteiger partial charge >= 0.3 is 5.63 Å². The molecule has 0 radical (unpaired) electrons. The van der Waals surface area contributed by atoms with E-state index < -0.39 is 21.3 Å². The molecule has 2 heterocycles. The van der Waals surface area contributed by atoms with Crippen molar-refractivity contribution in [1.29, 1.82) is 0 Å². The first-order valence-electron chi connectivity index (χ1n) is 11.9. The maximum Gasteiger partial charge on any atom is 0.339 e. The average molecular weight is 633 g/mol. The van der Waals surface area contributed by atoms with E-state index in [4.69, 9.17) is 4.42 Å². The average Bonchev–Trinajstić information content (AvgIpc) is 3.63. The van der Waals surface area contributed by atoms with Crippen LogP contribution in [0.1, 0.15) is 46.8 Å². The van der Waals surface area contributed by atoms with Crippen molar-refractivity contribution in [2.45, 2.75) is 44.9 Å². The Kier molecular flexibility index (Phi) is 6.64. The number of aromatic nitrogens is 1. The molecular formula is C28H25FINO5S. The van der Waals surface area contributed by atoms with Gasteiger partial charge in [-0.25, -0.2) is 17.6 Å². The van der Waals surface area contributed by atoms with E-state index in [2.05, 4.69) is 0 Å². The highest BCUT2D eigenvalue weighted by Gasteiger charge is 2.31. The zero-order chi connectivity index (χ0) is 26.6. The number of hydrogen-bond donors (Lipinski definition) is 0. The van der Waals surface area contributed by atoms with Crippen LogP contribution in [0.3, 0.4) is 0 Å². The van der Waals surface area contributed by atoms with Crippen molar-refractivity contribution < 1.29 is 17.2 Å². The van der Waals surface area contributed by atoms with Crippen molar-refractivity contribution in [3.8, 4) is 11.1 Å². The van der Waals surface area contributed by atoms with Crippen molar-refractivity contribution in [2.75, 3.05) is 6.26 Å². The molecule has 2 aromatic carbocycles. The Labute approximate surface area is 227 Å². The third kappa shape index (κ3) is 5.03. The van der Waals surface area contributed by atoms with Crippen LogP contribution >= 0.6 is 22.6 Å². The molecule has 1 aliphatic carbocycles. The fraction of sp³-hybridized carbons (Fsp3) is 0.286. The second kappa shape index (κ2) is 9.50. The summed E-state index contributed by atoms with van der Waals surface area (Å²) in [6, 6.07) is 11.9. The number of rotatable bonds is 6. The summed E-state index contributed by atoms with van der Waals surface area (Å²) >= 11 is 2.03. The second-order valence-corrected chi connectivity index (χ2v) is 13.1. The van der Waals surface area contributed by atoms with Gasteiger partial charge in [0.1, 0.15) is 5.82 Å². The SMILES string of the molecule is Cc1c(Cc2ccc(I)cc2F)c2c(=O)n(C3CC3)c(C)c(-c3cccc(CS(C)(=O)=O)c3)c2oc1=O. The fourth-order valence-corrected chi connectivity index (χ4v) is 6.17. The van der Waals surface area contributed by atoms with Crippen molar-refractivity contribution in [3.05, 3.63) is 101 Å². The smallest absolute Gasteiger partial charge is 0.339 e. The van der Waals surface area contributed by atoms with Crippen molar-refractivity contribution in [1.82, 2.24) is 4.57 Å². The van der Waals surface area contributed by atoms with E-state index in [0.717, 1.165) is 16.4 Å². The zero-order valence-electron chi connectivity index (χ0n) is 20.6. The van der Waals surface area contributed by atoms with Crippen LogP contribution < -0.4 is 11.2 Å². The standard InChI is InChI=1S/C28H25FINO5S/c1-15-22(12-18-7-8-20(30)13-23(18)29)25-26(36-28(15)33)24(16(2)31(27(25)32)21-9-10-21)19-6-4-5-17(11-19)14-37(3,34)35/h4-8,11,13,21H,9-10,12,14H2,1-3H3. The summed E-state index contributed by atoms with van der Waals surface area (Å²) in [5.74, 6) is -0.545. The molecule has 0 atom stereocenters. The van der Waals surface area contributed by atoms with Crippen LogP contribution in [0.4, 0.5) is 4.39 Å².